The lowest BCUT2D eigenvalue weighted by Gasteiger charge is -2.39. The summed E-state index contributed by atoms with van der Waals surface area (Å²) >= 11 is 0. The Bertz CT molecular complexity index is 347. The molecule has 0 aliphatic heterocycles. The zero-order chi connectivity index (χ0) is 11.6. The molecule has 2 aliphatic carbocycles. The quantitative estimate of drug-likeness (QED) is 0.563. The fraction of sp³-hybridized carbons (Fsp3) is 0.909. The highest BCUT2D eigenvalue weighted by atomic mass is 32.2. The van der Waals surface area contributed by atoms with Crippen molar-refractivity contribution in [2.75, 3.05) is 0 Å². The van der Waals surface area contributed by atoms with Crippen LogP contribution < -0.4 is 0 Å². The van der Waals surface area contributed by atoms with Gasteiger partial charge in [-0.1, -0.05) is 32.1 Å². The molecule has 0 heterocycles. The molecule has 0 spiro atoms. The highest BCUT2D eigenvalue weighted by Crippen LogP contribution is 2.43. The van der Waals surface area contributed by atoms with Gasteiger partial charge in [0.05, 0.1) is 0 Å². The lowest BCUT2D eigenvalue weighted by Crippen LogP contribution is -2.40. The van der Waals surface area contributed by atoms with Crippen molar-refractivity contribution < 1.29 is 17.4 Å². The summed E-state index contributed by atoms with van der Waals surface area (Å²) in [5.74, 6) is 0.741. The first kappa shape index (κ1) is 11.9. The van der Waals surface area contributed by atoms with Crippen molar-refractivity contribution in [2.45, 2.75) is 50.2 Å². The first-order chi connectivity index (χ1) is 7.65. The molecule has 3 unspecified atom stereocenters. The zero-order valence-corrected chi connectivity index (χ0v) is 10.1. The molecule has 92 valence electrons. The van der Waals surface area contributed by atoms with Gasteiger partial charge in [-0.05, 0) is 24.7 Å². The molecule has 0 aromatic heterocycles. The van der Waals surface area contributed by atoms with E-state index < -0.39 is 15.4 Å². The van der Waals surface area contributed by atoms with Crippen molar-refractivity contribution >= 4 is 16.6 Å². The molecule has 2 rings (SSSR count). The summed E-state index contributed by atoms with van der Waals surface area (Å²) in [4.78, 5) is 10.2. The summed E-state index contributed by atoms with van der Waals surface area (Å²) < 4.78 is 27.9. The van der Waals surface area contributed by atoms with Gasteiger partial charge in [-0.3, -0.25) is 4.79 Å². The van der Waals surface area contributed by atoms with Crippen LogP contribution in [-0.4, -0.2) is 20.1 Å². The Morgan fingerprint density at radius 1 is 1.00 bits per heavy atom. The third-order valence-corrected chi connectivity index (χ3v) is 5.73. The van der Waals surface area contributed by atoms with Crippen molar-refractivity contribution in [1.82, 2.24) is 0 Å². The standard InChI is InChI=1S/C11H18O4S/c12-8-15-16(13,14)11-7-3-5-9-4-1-2-6-10(9)11/h8-11H,1-7H2. The van der Waals surface area contributed by atoms with Crippen LogP contribution in [0.25, 0.3) is 0 Å². The summed E-state index contributed by atoms with van der Waals surface area (Å²) in [5.41, 5.74) is 0. The van der Waals surface area contributed by atoms with Crippen LogP contribution in [0.5, 0.6) is 0 Å². The van der Waals surface area contributed by atoms with E-state index in [1.165, 1.54) is 6.42 Å². The highest BCUT2D eigenvalue weighted by Gasteiger charge is 2.42. The Morgan fingerprint density at radius 3 is 2.44 bits per heavy atom. The maximum atomic E-state index is 11.8. The van der Waals surface area contributed by atoms with Crippen LogP contribution in [0.3, 0.4) is 0 Å². The molecular formula is C11H18O4S. The number of carbonyl (C=O) groups is 1. The normalized spacial score (nSPS) is 35.1. The predicted molar refractivity (Wildman–Crippen MR) is 59.2 cm³/mol. The fourth-order valence-electron chi connectivity index (χ4n) is 3.36. The Balaban J connectivity index is 2.16. The smallest absolute Gasteiger partial charge is 0.314 e. The average molecular weight is 246 g/mol. The Labute approximate surface area is 96.5 Å². The van der Waals surface area contributed by atoms with Gasteiger partial charge in [0.1, 0.15) is 5.25 Å². The molecule has 5 heteroatoms. The second-order valence-electron chi connectivity index (χ2n) is 4.86. The van der Waals surface area contributed by atoms with Crippen LogP contribution >= 0.6 is 0 Å². The summed E-state index contributed by atoms with van der Waals surface area (Å²) in [6.07, 6.45) is 7.15. The Kier molecular flexibility index (Phi) is 3.52. The topological polar surface area (TPSA) is 60.4 Å². The van der Waals surface area contributed by atoms with Crippen molar-refractivity contribution in [3.8, 4) is 0 Å². The van der Waals surface area contributed by atoms with E-state index in [4.69, 9.17) is 0 Å². The third kappa shape index (κ3) is 2.24. The van der Waals surface area contributed by atoms with E-state index in [1.54, 1.807) is 0 Å². The van der Waals surface area contributed by atoms with Gasteiger partial charge in [0.25, 0.3) is 0 Å². The minimum atomic E-state index is -3.67. The molecule has 2 aliphatic rings. The van der Waals surface area contributed by atoms with Crippen molar-refractivity contribution in [1.29, 1.82) is 0 Å². The minimum absolute atomic E-state index is 0.0434. The van der Waals surface area contributed by atoms with E-state index >= 15 is 0 Å². The van der Waals surface area contributed by atoms with Crippen LogP contribution in [0.1, 0.15) is 44.9 Å². The molecule has 4 nitrogen and oxygen atoms in total. The molecular weight excluding hydrogens is 228 g/mol. The first-order valence-electron chi connectivity index (χ1n) is 6.01. The van der Waals surface area contributed by atoms with Gasteiger partial charge in [0.2, 0.25) is 0 Å². The minimum Gasteiger partial charge on any atom is -0.348 e. The lowest BCUT2D eigenvalue weighted by atomic mass is 9.71. The van der Waals surface area contributed by atoms with E-state index in [0.29, 0.717) is 12.3 Å². The summed E-state index contributed by atoms with van der Waals surface area (Å²) in [6.45, 7) is 0.0434. The third-order valence-electron chi connectivity index (χ3n) is 4.05. The summed E-state index contributed by atoms with van der Waals surface area (Å²) in [7, 11) is -3.67. The predicted octanol–water partition coefficient (Wildman–Crippen LogP) is 1.85. The second-order valence-corrected chi connectivity index (χ2v) is 6.65. The van der Waals surface area contributed by atoms with Gasteiger partial charge in [0.15, 0.2) is 0 Å². The van der Waals surface area contributed by atoms with Gasteiger partial charge in [-0.25, -0.2) is 0 Å². The Morgan fingerprint density at radius 2 is 1.69 bits per heavy atom. The van der Waals surface area contributed by atoms with E-state index in [1.807, 2.05) is 0 Å². The molecule has 2 fully saturated rings. The molecule has 2 saturated carbocycles. The molecule has 0 saturated heterocycles. The fourth-order valence-corrected chi connectivity index (χ4v) is 4.86. The van der Waals surface area contributed by atoms with Gasteiger partial charge < -0.3 is 4.18 Å². The Hall–Kier alpha value is -0.580. The van der Waals surface area contributed by atoms with Crippen LogP contribution in [0.15, 0.2) is 0 Å². The van der Waals surface area contributed by atoms with Gasteiger partial charge in [-0.15, -0.1) is 0 Å². The maximum absolute atomic E-state index is 11.8. The van der Waals surface area contributed by atoms with Crippen molar-refractivity contribution in [2.24, 2.45) is 11.8 Å². The molecule has 0 N–H and O–H groups in total. The van der Waals surface area contributed by atoms with Crippen LogP contribution in [0.2, 0.25) is 0 Å². The van der Waals surface area contributed by atoms with Crippen LogP contribution in [0.4, 0.5) is 0 Å². The molecule has 0 aromatic carbocycles. The maximum Gasteiger partial charge on any atom is 0.314 e. The van der Waals surface area contributed by atoms with E-state index in [0.717, 1.165) is 32.1 Å². The largest absolute Gasteiger partial charge is 0.348 e. The van der Waals surface area contributed by atoms with E-state index in [2.05, 4.69) is 4.18 Å². The lowest BCUT2D eigenvalue weighted by molar-refractivity contribution is -0.120. The first-order valence-corrected chi connectivity index (χ1v) is 7.48. The molecule has 0 amide bonds. The van der Waals surface area contributed by atoms with Crippen molar-refractivity contribution in [3.05, 3.63) is 0 Å². The van der Waals surface area contributed by atoms with Crippen molar-refractivity contribution in [3.63, 3.8) is 0 Å². The molecule has 0 radical (unpaired) electrons. The molecule has 0 bridgehead atoms. The molecule has 3 atom stereocenters. The highest BCUT2D eigenvalue weighted by molar-refractivity contribution is 7.87. The number of rotatable bonds is 3. The summed E-state index contributed by atoms with van der Waals surface area (Å²) in [5, 5.41) is -0.447. The number of carbonyl (C=O) groups excluding carboxylic acids is 1. The summed E-state index contributed by atoms with van der Waals surface area (Å²) in [6, 6.07) is 0. The van der Waals surface area contributed by atoms with Gasteiger partial charge in [-0.2, -0.15) is 8.42 Å². The van der Waals surface area contributed by atoms with Crippen LogP contribution in [0, 0.1) is 11.8 Å². The van der Waals surface area contributed by atoms with E-state index in [9.17, 15) is 13.2 Å². The number of hydrogen-bond donors (Lipinski definition) is 0. The molecule has 0 aromatic rings. The molecule has 16 heavy (non-hydrogen) atoms. The SMILES string of the molecule is O=COS(=O)(=O)C1CCCC2CCCCC21. The zero-order valence-electron chi connectivity index (χ0n) is 9.30. The van der Waals surface area contributed by atoms with E-state index in [-0.39, 0.29) is 12.4 Å². The number of fused-ring (bicyclic) bond motifs is 1. The average Bonchev–Trinajstić information content (AvgIpc) is 2.28. The van der Waals surface area contributed by atoms with Gasteiger partial charge >= 0.3 is 16.6 Å². The van der Waals surface area contributed by atoms with Gasteiger partial charge in [0, 0.05) is 0 Å². The second kappa shape index (κ2) is 4.73. The monoisotopic (exact) mass is 246 g/mol. The number of hydrogen-bond acceptors (Lipinski definition) is 4. The van der Waals surface area contributed by atoms with Crippen LogP contribution in [-0.2, 0) is 19.1 Å².